The number of nitrogen functional groups attached to an aromatic ring is 1. The zero-order valence-electron chi connectivity index (χ0n) is 12.0. The van der Waals surface area contributed by atoms with Gasteiger partial charge in [-0.15, -0.1) is 11.8 Å². The Morgan fingerprint density at radius 3 is 2.40 bits per heavy atom. The van der Waals surface area contributed by atoms with Crippen molar-refractivity contribution in [1.82, 2.24) is 4.98 Å². The molecule has 0 spiro atoms. The number of thioether (sulfide) groups is 1. The summed E-state index contributed by atoms with van der Waals surface area (Å²) in [6, 6.07) is 10.3. The molecule has 0 unspecified atom stereocenters. The van der Waals surface area contributed by atoms with Crippen molar-refractivity contribution >= 4 is 23.3 Å². The summed E-state index contributed by atoms with van der Waals surface area (Å²) in [6.45, 7) is 6.09. The van der Waals surface area contributed by atoms with Crippen molar-refractivity contribution in [2.24, 2.45) is 0 Å². The van der Waals surface area contributed by atoms with Crippen LogP contribution in [0.4, 0.5) is 5.82 Å². The van der Waals surface area contributed by atoms with E-state index in [0.717, 1.165) is 11.1 Å². The maximum atomic E-state index is 7.72. The summed E-state index contributed by atoms with van der Waals surface area (Å²) < 4.78 is 0. The molecule has 20 heavy (non-hydrogen) atoms. The molecule has 0 aliphatic rings. The molecule has 3 N–H and O–H groups in total. The number of hydrogen-bond acceptors (Lipinski definition) is 4. The van der Waals surface area contributed by atoms with Crippen LogP contribution < -0.4 is 5.73 Å². The summed E-state index contributed by atoms with van der Waals surface area (Å²) in [4.78, 5) is 5.44. The molecular weight excluding hydrogens is 266 g/mol. The van der Waals surface area contributed by atoms with Crippen molar-refractivity contribution < 1.29 is 0 Å². The second-order valence-corrected chi connectivity index (χ2v) is 6.62. The summed E-state index contributed by atoms with van der Waals surface area (Å²) >= 11 is 1.84. The van der Waals surface area contributed by atoms with Gasteiger partial charge in [0.15, 0.2) is 0 Å². The average molecular weight is 285 g/mol. The number of pyridine rings is 1. The molecule has 4 heteroatoms. The summed E-state index contributed by atoms with van der Waals surface area (Å²) in [5.41, 5.74) is 9.00. The zero-order chi connectivity index (χ0) is 14.7. The number of nitrogens with two attached hydrogens (primary N) is 1. The number of nitrogens with zero attached hydrogens (tertiary/aromatic N) is 1. The van der Waals surface area contributed by atoms with Crippen molar-refractivity contribution in [1.29, 1.82) is 5.41 Å². The minimum atomic E-state index is 0.410. The molecule has 0 atom stereocenters. The summed E-state index contributed by atoms with van der Waals surface area (Å²) in [5, 5.41) is 8.30. The SMILES string of the molecule is CC(=N)c1cc(-c2ccc(SC(C)C)cc2)cnc1N. The van der Waals surface area contributed by atoms with Crippen LogP contribution in [0.25, 0.3) is 11.1 Å². The van der Waals surface area contributed by atoms with Gasteiger partial charge in [-0.1, -0.05) is 26.0 Å². The van der Waals surface area contributed by atoms with Crippen LogP contribution in [0.5, 0.6) is 0 Å². The van der Waals surface area contributed by atoms with Crippen LogP contribution in [0.3, 0.4) is 0 Å². The number of benzene rings is 1. The molecule has 0 radical (unpaired) electrons. The monoisotopic (exact) mass is 285 g/mol. The van der Waals surface area contributed by atoms with Crippen LogP contribution in [-0.2, 0) is 0 Å². The van der Waals surface area contributed by atoms with Gasteiger partial charge < -0.3 is 11.1 Å². The van der Waals surface area contributed by atoms with Gasteiger partial charge in [-0.3, -0.25) is 0 Å². The fourth-order valence-corrected chi connectivity index (χ4v) is 2.77. The van der Waals surface area contributed by atoms with E-state index in [-0.39, 0.29) is 0 Å². The molecule has 2 rings (SSSR count). The van der Waals surface area contributed by atoms with Gasteiger partial charge in [0, 0.05) is 33.2 Å². The van der Waals surface area contributed by atoms with Gasteiger partial charge in [0.05, 0.1) is 0 Å². The lowest BCUT2D eigenvalue weighted by Gasteiger charge is -2.08. The minimum absolute atomic E-state index is 0.410. The van der Waals surface area contributed by atoms with E-state index in [9.17, 15) is 0 Å². The number of hydrogen-bond donors (Lipinski definition) is 2. The highest BCUT2D eigenvalue weighted by Gasteiger charge is 2.07. The van der Waals surface area contributed by atoms with E-state index in [0.29, 0.717) is 22.3 Å². The largest absolute Gasteiger partial charge is 0.383 e. The second kappa shape index (κ2) is 6.09. The molecule has 1 heterocycles. The van der Waals surface area contributed by atoms with Crippen LogP contribution in [0.1, 0.15) is 26.3 Å². The van der Waals surface area contributed by atoms with E-state index in [1.807, 2.05) is 17.8 Å². The predicted molar refractivity (Wildman–Crippen MR) is 87.6 cm³/mol. The number of nitrogens with one attached hydrogen (secondary N) is 1. The van der Waals surface area contributed by atoms with Crippen molar-refractivity contribution in [2.45, 2.75) is 30.9 Å². The Morgan fingerprint density at radius 2 is 1.85 bits per heavy atom. The van der Waals surface area contributed by atoms with Crippen molar-refractivity contribution in [3.8, 4) is 11.1 Å². The molecule has 2 aromatic rings. The topological polar surface area (TPSA) is 62.8 Å². The number of rotatable bonds is 4. The van der Waals surface area contributed by atoms with Crippen molar-refractivity contribution in [3.05, 3.63) is 42.1 Å². The quantitative estimate of drug-likeness (QED) is 0.653. The predicted octanol–water partition coefficient (Wildman–Crippen LogP) is 4.22. The van der Waals surface area contributed by atoms with E-state index in [4.69, 9.17) is 11.1 Å². The molecule has 0 fully saturated rings. The third-order valence-electron chi connectivity index (χ3n) is 2.88. The molecule has 0 amide bonds. The lowest BCUT2D eigenvalue weighted by atomic mass is 10.0. The fourth-order valence-electron chi connectivity index (χ4n) is 1.93. The molecule has 104 valence electrons. The third kappa shape index (κ3) is 3.39. The Bertz CT molecular complexity index is 618. The van der Waals surface area contributed by atoms with Crippen molar-refractivity contribution in [2.75, 3.05) is 5.73 Å². The Morgan fingerprint density at radius 1 is 1.20 bits per heavy atom. The molecule has 0 aliphatic carbocycles. The molecule has 0 saturated carbocycles. The average Bonchev–Trinajstić information content (AvgIpc) is 2.39. The fraction of sp³-hybridized carbons (Fsp3) is 0.250. The normalized spacial score (nSPS) is 10.8. The first kappa shape index (κ1) is 14.6. The van der Waals surface area contributed by atoms with E-state index >= 15 is 0 Å². The van der Waals surface area contributed by atoms with E-state index in [1.54, 1.807) is 13.1 Å². The highest BCUT2D eigenvalue weighted by Crippen LogP contribution is 2.27. The van der Waals surface area contributed by atoms with Gasteiger partial charge in [-0.25, -0.2) is 4.98 Å². The summed E-state index contributed by atoms with van der Waals surface area (Å²) in [7, 11) is 0. The molecule has 1 aromatic heterocycles. The van der Waals surface area contributed by atoms with Crippen LogP contribution in [0.2, 0.25) is 0 Å². The van der Waals surface area contributed by atoms with Gasteiger partial charge in [0.1, 0.15) is 5.82 Å². The third-order valence-corrected chi connectivity index (χ3v) is 3.90. The standard InChI is InChI=1S/C16H19N3S/c1-10(2)20-14-6-4-12(5-7-14)13-8-15(11(3)17)16(18)19-9-13/h4-10,17H,1-3H3,(H2,18,19). The highest BCUT2D eigenvalue weighted by atomic mass is 32.2. The van der Waals surface area contributed by atoms with E-state index in [1.165, 1.54) is 4.90 Å². The summed E-state index contributed by atoms with van der Waals surface area (Å²) in [5.74, 6) is 0.410. The van der Waals surface area contributed by atoms with Gasteiger partial charge >= 0.3 is 0 Å². The van der Waals surface area contributed by atoms with Crippen molar-refractivity contribution in [3.63, 3.8) is 0 Å². The van der Waals surface area contributed by atoms with Crippen LogP contribution in [0, 0.1) is 5.41 Å². The maximum absolute atomic E-state index is 7.72. The first-order chi connectivity index (χ1) is 9.47. The van der Waals surface area contributed by atoms with Gasteiger partial charge in [-0.05, 0) is 30.7 Å². The zero-order valence-corrected chi connectivity index (χ0v) is 12.8. The van der Waals surface area contributed by atoms with Gasteiger partial charge in [-0.2, -0.15) is 0 Å². The molecule has 1 aromatic carbocycles. The lowest BCUT2D eigenvalue weighted by Crippen LogP contribution is -2.02. The van der Waals surface area contributed by atoms with Crippen LogP contribution >= 0.6 is 11.8 Å². The Labute approximate surface area is 124 Å². The Hall–Kier alpha value is -1.81. The van der Waals surface area contributed by atoms with E-state index < -0.39 is 0 Å². The molecule has 0 bridgehead atoms. The molecule has 0 aliphatic heterocycles. The van der Waals surface area contributed by atoms with E-state index in [2.05, 4.69) is 43.1 Å². The number of aromatic nitrogens is 1. The summed E-state index contributed by atoms with van der Waals surface area (Å²) in [6.07, 6.45) is 1.76. The second-order valence-electron chi connectivity index (χ2n) is 4.97. The van der Waals surface area contributed by atoms with Crippen LogP contribution in [0.15, 0.2) is 41.4 Å². The molecule has 3 nitrogen and oxygen atoms in total. The smallest absolute Gasteiger partial charge is 0.132 e. The molecular formula is C16H19N3S. The Kier molecular flexibility index (Phi) is 4.45. The minimum Gasteiger partial charge on any atom is -0.383 e. The lowest BCUT2D eigenvalue weighted by molar-refractivity contribution is 1.11. The molecule has 0 saturated heterocycles. The Balaban J connectivity index is 2.32. The highest BCUT2D eigenvalue weighted by molar-refractivity contribution is 7.99. The maximum Gasteiger partial charge on any atom is 0.132 e. The van der Waals surface area contributed by atoms with Crippen LogP contribution in [-0.4, -0.2) is 15.9 Å². The number of anilines is 1. The first-order valence-electron chi connectivity index (χ1n) is 6.55. The van der Waals surface area contributed by atoms with Gasteiger partial charge in [0.2, 0.25) is 0 Å². The van der Waals surface area contributed by atoms with Gasteiger partial charge in [0.25, 0.3) is 0 Å². The first-order valence-corrected chi connectivity index (χ1v) is 7.43.